The van der Waals surface area contributed by atoms with Gasteiger partial charge in [-0.25, -0.2) is 9.97 Å². The Morgan fingerprint density at radius 3 is 2.31 bits per heavy atom. The average Bonchev–Trinajstić information content (AvgIpc) is 3.23. The average molecular weight is 349 g/mol. The van der Waals surface area contributed by atoms with Crippen LogP contribution in [0.25, 0.3) is 0 Å². The van der Waals surface area contributed by atoms with Crippen molar-refractivity contribution in [2.24, 2.45) is 0 Å². The molecule has 2 saturated heterocycles. The Balaban J connectivity index is 1.47. The molecule has 0 saturated carbocycles. The maximum Gasteiger partial charge on any atom is 0.227 e. The van der Waals surface area contributed by atoms with E-state index in [-0.39, 0.29) is 0 Å². The second-order valence-corrected chi connectivity index (χ2v) is 6.85. The van der Waals surface area contributed by atoms with Crippen molar-refractivity contribution in [3.8, 4) is 6.07 Å². The van der Waals surface area contributed by atoms with Gasteiger partial charge < -0.3 is 14.7 Å². The van der Waals surface area contributed by atoms with E-state index in [4.69, 9.17) is 10.2 Å². The van der Waals surface area contributed by atoms with E-state index in [9.17, 15) is 0 Å². The van der Waals surface area contributed by atoms with E-state index >= 15 is 0 Å². The molecule has 0 radical (unpaired) electrons. The van der Waals surface area contributed by atoms with E-state index in [2.05, 4.69) is 36.8 Å². The van der Waals surface area contributed by atoms with Crippen LogP contribution in [-0.2, 0) is 0 Å². The fourth-order valence-corrected chi connectivity index (χ4v) is 3.58. The molecular weight excluding hydrogens is 326 g/mol. The number of aromatic nitrogens is 3. The van der Waals surface area contributed by atoms with Crippen LogP contribution in [0, 0.1) is 18.3 Å². The maximum atomic E-state index is 9.07. The van der Waals surface area contributed by atoms with Gasteiger partial charge in [-0.1, -0.05) is 0 Å². The number of hydrogen-bond donors (Lipinski definition) is 0. The van der Waals surface area contributed by atoms with E-state index < -0.39 is 0 Å². The summed E-state index contributed by atoms with van der Waals surface area (Å²) in [6, 6.07) is 7.85. The van der Waals surface area contributed by atoms with Crippen LogP contribution in [0.15, 0.2) is 24.4 Å². The highest BCUT2D eigenvalue weighted by Gasteiger charge is 2.22. The highest BCUT2D eigenvalue weighted by Crippen LogP contribution is 2.23. The van der Waals surface area contributed by atoms with Crippen molar-refractivity contribution in [1.29, 1.82) is 5.26 Å². The van der Waals surface area contributed by atoms with Gasteiger partial charge in [0.05, 0.1) is 11.6 Å². The zero-order valence-corrected chi connectivity index (χ0v) is 15.1. The van der Waals surface area contributed by atoms with Crippen molar-refractivity contribution in [3.05, 3.63) is 35.7 Å². The number of anilines is 3. The summed E-state index contributed by atoms with van der Waals surface area (Å²) < 4.78 is 0. The summed E-state index contributed by atoms with van der Waals surface area (Å²) >= 11 is 0. The van der Waals surface area contributed by atoms with Gasteiger partial charge in [0.1, 0.15) is 11.6 Å². The molecule has 0 aliphatic carbocycles. The smallest absolute Gasteiger partial charge is 0.227 e. The summed E-state index contributed by atoms with van der Waals surface area (Å²) in [6.07, 6.45) is 4.18. The van der Waals surface area contributed by atoms with Crippen LogP contribution in [0.2, 0.25) is 0 Å². The minimum absolute atomic E-state index is 0.648. The lowest BCUT2D eigenvalue weighted by atomic mass is 10.2. The highest BCUT2D eigenvalue weighted by molar-refractivity contribution is 5.49. The summed E-state index contributed by atoms with van der Waals surface area (Å²) in [5, 5.41) is 9.07. The molecule has 4 heterocycles. The Labute approximate surface area is 153 Å². The lowest BCUT2D eigenvalue weighted by Gasteiger charge is -2.35. The number of nitrogens with zero attached hydrogens (tertiary/aromatic N) is 7. The summed E-state index contributed by atoms with van der Waals surface area (Å²) in [5.74, 6) is 2.74. The molecule has 2 fully saturated rings. The Kier molecular flexibility index (Phi) is 4.57. The molecule has 134 valence electrons. The van der Waals surface area contributed by atoms with Crippen LogP contribution in [0.3, 0.4) is 0 Å². The van der Waals surface area contributed by atoms with Crippen molar-refractivity contribution >= 4 is 17.6 Å². The normalized spacial score (nSPS) is 17.5. The van der Waals surface area contributed by atoms with Gasteiger partial charge in [0, 0.05) is 57.2 Å². The zero-order chi connectivity index (χ0) is 17.9. The van der Waals surface area contributed by atoms with E-state index in [1.165, 1.54) is 12.8 Å². The molecule has 0 unspecified atom stereocenters. The van der Waals surface area contributed by atoms with Crippen LogP contribution >= 0.6 is 0 Å². The van der Waals surface area contributed by atoms with Crippen LogP contribution < -0.4 is 14.7 Å². The second-order valence-electron chi connectivity index (χ2n) is 6.85. The molecule has 2 aliphatic heterocycles. The van der Waals surface area contributed by atoms with E-state index in [1.54, 1.807) is 12.3 Å². The van der Waals surface area contributed by atoms with Gasteiger partial charge in [-0.15, -0.1) is 0 Å². The molecule has 0 N–H and O–H groups in total. The first-order valence-corrected chi connectivity index (χ1v) is 9.19. The minimum atomic E-state index is 0.648. The summed E-state index contributed by atoms with van der Waals surface area (Å²) in [5.41, 5.74) is 1.66. The molecular formula is C19H23N7. The van der Waals surface area contributed by atoms with Gasteiger partial charge in [0.25, 0.3) is 0 Å². The quantitative estimate of drug-likeness (QED) is 0.839. The topological polar surface area (TPSA) is 72.2 Å². The Bertz CT molecular complexity index is 815. The second kappa shape index (κ2) is 7.16. The molecule has 0 spiro atoms. The minimum Gasteiger partial charge on any atom is -0.356 e. The molecule has 4 rings (SSSR count). The molecule has 2 aromatic heterocycles. The molecule has 0 amide bonds. The standard InChI is InChI=1S/C19H23N7/c1-15-12-18(24-6-2-3-7-24)23-19(22-15)26-10-8-25(9-11-26)17-13-16(14-20)4-5-21-17/h4-5,12-13H,2-3,6-11H2,1H3. The largest absolute Gasteiger partial charge is 0.356 e. The number of nitriles is 1. The summed E-state index contributed by atoms with van der Waals surface area (Å²) in [7, 11) is 0. The van der Waals surface area contributed by atoms with E-state index in [1.807, 2.05) is 13.0 Å². The third-order valence-corrected chi connectivity index (χ3v) is 5.02. The van der Waals surface area contributed by atoms with Gasteiger partial charge in [-0.05, 0) is 31.9 Å². The van der Waals surface area contributed by atoms with Gasteiger partial charge in [0.15, 0.2) is 0 Å². The lowest BCUT2D eigenvalue weighted by Crippen LogP contribution is -2.47. The molecule has 0 bridgehead atoms. The van der Waals surface area contributed by atoms with Gasteiger partial charge in [-0.3, -0.25) is 0 Å². The third-order valence-electron chi connectivity index (χ3n) is 5.02. The van der Waals surface area contributed by atoms with Crippen molar-refractivity contribution in [2.75, 3.05) is 54.0 Å². The highest BCUT2D eigenvalue weighted by atomic mass is 15.3. The van der Waals surface area contributed by atoms with Crippen LogP contribution in [-0.4, -0.2) is 54.2 Å². The van der Waals surface area contributed by atoms with Crippen LogP contribution in [0.4, 0.5) is 17.6 Å². The van der Waals surface area contributed by atoms with Gasteiger partial charge in [-0.2, -0.15) is 10.2 Å². The molecule has 7 nitrogen and oxygen atoms in total. The number of rotatable bonds is 3. The SMILES string of the molecule is Cc1cc(N2CCCC2)nc(N2CCN(c3cc(C#N)ccn3)CC2)n1. The molecule has 0 atom stereocenters. The molecule has 2 aromatic rings. The first-order valence-electron chi connectivity index (χ1n) is 9.19. The van der Waals surface area contributed by atoms with Crippen molar-refractivity contribution < 1.29 is 0 Å². The van der Waals surface area contributed by atoms with Gasteiger partial charge >= 0.3 is 0 Å². The number of piperazine rings is 1. The van der Waals surface area contributed by atoms with E-state index in [0.29, 0.717) is 5.56 Å². The first kappa shape index (κ1) is 16.6. The number of aryl methyl sites for hydroxylation is 1. The van der Waals surface area contributed by atoms with Crippen LogP contribution in [0.5, 0.6) is 0 Å². The van der Waals surface area contributed by atoms with Crippen LogP contribution in [0.1, 0.15) is 24.1 Å². The van der Waals surface area contributed by atoms with Gasteiger partial charge in [0.2, 0.25) is 5.95 Å². The summed E-state index contributed by atoms with van der Waals surface area (Å²) in [4.78, 5) is 20.7. The van der Waals surface area contributed by atoms with Crippen molar-refractivity contribution in [1.82, 2.24) is 15.0 Å². The molecule has 0 aromatic carbocycles. The number of pyridine rings is 1. The summed E-state index contributed by atoms with van der Waals surface area (Å²) in [6.45, 7) is 7.60. The molecule has 2 aliphatic rings. The predicted octanol–water partition coefficient (Wildman–Crippen LogP) is 1.98. The third kappa shape index (κ3) is 3.40. The fourth-order valence-electron chi connectivity index (χ4n) is 3.58. The number of hydrogen-bond acceptors (Lipinski definition) is 7. The zero-order valence-electron chi connectivity index (χ0n) is 15.1. The predicted molar refractivity (Wildman–Crippen MR) is 102 cm³/mol. The lowest BCUT2D eigenvalue weighted by molar-refractivity contribution is 0.633. The Morgan fingerprint density at radius 2 is 1.58 bits per heavy atom. The Hall–Kier alpha value is -2.88. The molecule has 7 heteroatoms. The van der Waals surface area contributed by atoms with E-state index in [0.717, 1.165) is 62.5 Å². The Morgan fingerprint density at radius 1 is 0.885 bits per heavy atom. The first-order chi connectivity index (χ1) is 12.7. The van der Waals surface area contributed by atoms with Crippen molar-refractivity contribution in [2.45, 2.75) is 19.8 Å². The molecule has 26 heavy (non-hydrogen) atoms. The monoisotopic (exact) mass is 349 g/mol. The fraction of sp³-hybridized carbons (Fsp3) is 0.474. The van der Waals surface area contributed by atoms with Crippen molar-refractivity contribution in [3.63, 3.8) is 0 Å². The maximum absolute atomic E-state index is 9.07.